The normalized spacial score (nSPS) is 25.6. The minimum Gasteiger partial charge on any atom is -0.346 e. The van der Waals surface area contributed by atoms with E-state index >= 15 is 0 Å². The molecule has 1 amide bonds. The average Bonchev–Trinajstić information content (AvgIpc) is 2.81. The molecule has 1 aromatic rings. The van der Waals surface area contributed by atoms with E-state index in [1.165, 1.54) is 12.1 Å². The first kappa shape index (κ1) is 12.5. The molecule has 3 rings (SSSR count). The van der Waals surface area contributed by atoms with Crippen LogP contribution in [0.2, 0.25) is 0 Å². The van der Waals surface area contributed by atoms with Gasteiger partial charge in [0.2, 0.25) is 5.91 Å². The van der Waals surface area contributed by atoms with Crippen LogP contribution in [0.25, 0.3) is 0 Å². The van der Waals surface area contributed by atoms with Gasteiger partial charge in [-0.25, -0.2) is 8.78 Å². The molecular formula is C14H16F2N2O. The summed E-state index contributed by atoms with van der Waals surface area (Å²) < 4.78 is 26.4. The van der Waals surface area contributed by atoms with Gasteiger partial charge >= 0.3 is 0 Å². The first-order valence-electron chi connectivity index (χ1n) is 6.61. The number of carbonyl (C=O) groups excluding carboxylic acids is 1. The third-order valence-corrected chi connectivity index (χ3v) is 4.13. The molecular weight excluding hydrogens is 250 g/mol. The van der Waals surface area contributed by atoms with Crippen LogP contribution in [0.4, 0.5) is 8.78 Å². The van der Waals surface area contributed by atoms with Crippen molar-refractivity contribution in [2.24, 2.45) is 0 Å². The van der Waals surface area contributed by atoms with Gasteiger partial charge in [0.1, 0.15) is 11.6 Å². The van der Waals surface area contributed by atoms with Crippen molar-refractivity contribution in [3.05, 3.63) is 35.4 Å². The fraction of sp³-hybridized carbons (Fsp3) is 0.500. The van der Waals surface area contributed by atoms with Crippen molar-refractivity contribution >= 4 is 5.91 Å². The van der Waals surface area contributed by atoms with Gasteiger partial charge in [-0.05, 0) is 30.5 Å². The fourth-order valence-corrected chi connectivity index (χ4v) is 3.09. The number of hydrogen-bond acceptors (Lipinski definition) is 2. The van der Waals surface area contributed by atoms with E-state index in [-0.39, 0.29) is 11.9 Å². The first-order chi connectivity index (χ1) is 9.09. The summed E-state index contributed by atoms with van der Waals surface area (Å²) in [7, 11) is 0. The van der Waals surface area contributed by atoms with Gasteiger partial charge in [0, 0.05) is 12.6 Å². The second-order valence-corrected chi connectivity index (χ2v) is 5.40. The fourth-order valence-electron chi connectivity index (χ4n) is 3.09. The molecule has 3 nitrogen and oxygen atoms in total. The van der Waals surface area contributed by atoms with Crippen LogP contribution in [-0.4, -0.2) is 18.0 Å². The molecule has 1 atom stereocenters. The Labute approximate surface area is 110 Å². The molecule has 1 unspecified atom stereocenters. The van der Waals surface area contributed by atoms with Crippen molar-refractivity contribution in [3.8, 4) is 0 Å². The van der Waals surface area contributed by atoms with Crippen molar-refractivity contribution < 1.29 is 13.6 Å². The van der Waals surface area contributed by atoms with Crippen molar-refractivity contribution in [2.75, 3.05) is 6.54 Å². The van der Waals surface area contributed by atoms with Gasteiger partial charge in [0.25, 0.3) is 0 Å². The quantitative estimate of drug-likeness (QED) is 0.816. The number of halogens is 2. The van der Waals surface area contributed by atoms with Crippen molar-refractivity contribution in [1.29, 1.82) is 0 Å². The Morgan fingerprint density at radius 1 is 1.11 bits per heavy atom. The third kappa shape index (κ3) is 2.23. The van der Waals surface area contributed by atoms with E-state index in [0.29, 0.717) is 12.1 Å². The molecule has 1 aromatic carbocycles. The monoisotopic (exact) mass is 266 g/mol. The van der Waals surface area contributed by atoms with E-state index in [9.17, 15) is 13.6 Å². The van der Waals surface area contributed by atoms with E-state index in [4.69, 9.17) is 0 Å². The van der Waals surface area contributed by atoms with E-state index in [2.05, 4.69) is 10.6 Å². The molecule has 0 bridgehead atoms. The van der Waals surface area contributed by atoms with Crippen LogP contribution >= 0.6 is 0 Å². The standard InChI is InChI=1S/C14H16F2N2O/c15-10-5-9(6-11(16)7-10)12-8-17-14(13(19)18-12)3-1-2-4-14/h5-7,12,17H,1-4,8H2,(H,18,19). The summed E-state index contributed by atoms with van der Waals surface area (Å²) in [4.78, 5) is 12.2. The first-order valence-corrected chi connectivity index (χ1v) is 6.61. The predicted octanol–water partition coefficient (Wildman–Crippen LogP) is 2.04. The maximum atomic E-state index is 13.2. The summed E-state index contributed by atoms with van der Waals surface area (Å²) in [5.41, 5.74) is 0.00809. The lowest BCUT2D eigenvalue weighted by molar-refractivity contribution is -0.130. The average molecular weight is 266 g/mol. The molecule has 1 heterocycles. The van der Waals surface area contributed by atoms with E-state index < -0.39 is 17.2 Å². The van der Waals surface area contributed by atoms with E-state index in [1.54, 1.807) is 0 Å². The van der Waals surface area contributed by atoms with Crippen molar-refractivity contribution in [2.45, 2.75) is 37.3 Å². The molecule has 1 aliphatic carbocycles. The maximum Gasteiger partial charge on any atom is 0.240 e. The van der Waals surface area contributed by atoms with Gasteiger partial charge in [0.15, 0.2) is 0 Å². The van der Waals surface area contributed by atoms with Crippen LogP contribution in [-0.2, 0) is 4.79 Å². The molecule has 0 radical (unpaired) electrons. The van der Waals surface area contributed by atoms with Crippen LogP contribution in [0.1, 0.15) is 37.3 Å². The van der Waals surface area contributed by atoms with Gasteiger partial charge in [-0.2, -0.15) is 0 Å². The molecule has 0 aromatic heterocycles. The summed E-state index contributed by atoms with van der Waals surface area (Å²) in [5, 5.41) is 6.16. The van der Waals surface area contributed by atoms with Gasteiger partial charge in [0.05, 0.1) is 11.6 Å². The highest BCUT2D eigenvalue weighted by atomic mass is 19.1. The lowest BCUT2D eigenvalue weighted by Crippen LogP contribution is -2.62. The van der Waals surface area contributed by atoms with Gasteiger partial charge < -0.3 is 10.6 Å². The summed E-state index contributed by atoms with van der Waals surface area (Å²) in [6.45, 7) is 0.509. The Hall–Kier alpha value is -1.49. The lowest BCUT2D eigenvalue weighted by Gasteiger charge is -2.38. The van der Waals surface area contributed by atoms with Crippen LogP contribution in [0.3, 0.4) is 0 Å². The van der Waals surface area contributed by atoms with Gasteiger partial charge in [-0.1, -0.05) is 12.8 Å². The number of hydrogen-bond donors (Lipinski definition) is 2. The Morgan fingerprint density at radius 3 is 2.32 bits per heavy atom. The predicted molar refractivity (Wildman–Crippen MR) is 66.4 cm³/mol. The topological polar surface area (TPSA) is 41.1 Å². The zero-order valence-electron chi connectivity index (χ0n) is 10.5. The Morgan fingerprint density at radius 2 is 1.74 bits per heavy atom. The maximum absolute atomic E-state index is 13.2. The van der Waals surface area contributed by atoms with Crippen LogP contribution < -0.4 is 10.6 Å². The van der Waals surface area contributed by atoms with Crippen molar-refractivity contribution in [1.82, 2.24) is 10.6 Å². The smallest absolute Gasteiger partial charge is 0.240 e. The molecule has 1 aliphatic heterocycles. The largest absolute Gasteiger partial charge is 0.346 e. The molecule has 1 spiro atoms. The van der Waals surface area contributed by atoms with E-state index in [1.807, 2.05) is 0 Å². The molecule has 5 heteroatoms. The van der Waals surface area contributed by atoms with Gasteiger partial charge in [-0.15, -0.1) is 0 Å². The number of benzene rings is 1. The molecule has 2 N–H and O–H groups in total. The third-order valence-electron chi connectivity index (χ3n) is 4.13. The highest BCUT2D eigenvalue weighted by Crippen LogP contribution is 2.33. The van der Waals surface area contributed by atoms with Crippen LogP contribution in [0.5, 0.6) is 0 Å². The second-order valence-electron chi connectivity index (χ2n) is 5.40. The highest BCUT2D eigenvalue weighted by molar-refractivity contribution is 5.87. The highest BCUT2D eigenvalue weighted by Gasteiger charge is 2.44. The van der Waals surface area contributed by atoms with Crippen LogP contribution in [0.15, 0.2) is 18.2 Å². The Balaban J connectivity index is 1.80. The molecule has 19 heavy (non-hydrogen) atoms. The number of piperazine rings is 1. The van der Waals surface area contributed by atoms with E-state index in [0.717, 1.165) is 31.7 Å². The number of rotatable bonds is 1. The number of nitrogens with one attached hydrogen (secondary N) is 2. The lowest BCUT2D eigenvalue weighted by atomic mass is 9.91. The SMILES string of the molecule is O=C1NC(c2cc(F)cc(F)c2)CNC12CCCC2. The molecule has 1 saturated heterocycles. The summed E-state index contributed by atoms with van der Waals surface area (Å²) in [6.07, 6.45) is 3.76. The summed E-state index contributed by atoms with van der Waals surface area (Å²) in [5.74, 6) is -1.29. The van der Waals surface area contributed by atoms with Gasteiger partial charge in [-0.3, -0.25) is 4.79 Å². The van der Waals surface area contributed by atoms with Crippen LogP contribution in [0, 0.1) is 11.6 Å². The zero-order chi connectivity index (χ0) is 13.5. The Bertz CT molecular complexity index is 492. The minimum absolute atomic E-state index is 0.0501. The van der Waals surface area contributed by atoms with Crippen molar-refractivity contribution in [3.63, 3.8) is 0 Å². The molecule has 1 saturated carbocycles. The Kier molecular flexibility index (Phi) is 3.01. The number of amides is 1. The molecule has 2 aliphatic rings. The number of carbonyl (C=O) groups is 1. The summed E-state index contributed by atoms with van der Waals surface area (Å²) in [6, 6.07) is 2.99. The molecule has 2 fully saturated rings. The minimum atomic E-state index is -0.620. The second kappa shape index (κ2) is 4.56. The molecule has 102 valence electrons. The zero-order valence-corrected chi connectivity index (χ0v) is 10.5. The summed E-state index contributed by atoms with van der Waals surface area (Å²) >= 11 is 0.